The normalized spacial score (nSPS) is 14.5. The van der Waals surface area contributed by atoms with Crippen LogP contribution in [-0.2, 0) is 6.42 Å². The van der Waals surface area contributed by atoms with Crippen molar-refractivity contribution in [3.8, 4) is 0 Å². The molecule has 6 nitrogen and oxygen atoms in total. The molecule has 0 amide bonds. The third-order valence-corrected chi connectivity index (χ3v) is 5.36. The minimum Gasteiger partial charge on any atom is -0.369 e. The molecule has 6 heteroatoms. The summed E-state index contributed by atoms with van der Waals surface area (Å²) in [5.41, 5.74) is 4.54. The molecular weight excluding hydrogens is 336 g/mol. The summed E-state index contributed by atoms with van der Waals surface area (Å²) < 4.78 is 0. The van der Waals surface area contributed by atoms with Crippen molar-refractivity contribution >= 4 is 33.7 Å². The van der Waals surface area contributed by atoms with Gasteiger partial charge in [-0.3, -0.25) is 0 Å². The standard InChI is InChI=1S/C21H24N6/c1-14-12-17-19(25-21(26-20(17)24-14)27-10-4-5-11-27)22-9-8-15-13-23-18-7-3-2-6-16(15)18/h2-3,6-7,12-13,23H,4-5,8-11H2,1H3,(H2,22,24,25,26). The predicted octanol–water partition coefficient (Wildman–Crippen LogP) is 4.00. The maximum atomic E-state index is 4.85. The molecule has 0 unspecified atom stereocenters. The van der Waals surface area contributed by atoms with E-state index in [1.165, 1.54) is 29.3 Å². The second-order valence-electron chi connectivity index (χ2n) is 7.32. The van der Waals surface area contributed by atoms with Gasteiger partial charge in [-0.05, 0) is 43.9 Å². The van der Waals surface area contributed by atoms with Crippen LogP contribution in [0.4, 0.5) is 11.8 Å². The summed E-state index contributed by atoms with van der Waals surface area (Å²) in [6, 6.07) is 10.6. The van der Waals surface area contributed by atoms with E-state index in [2.05, 4.69) is 63.6 Å². The second kappa shape index (κ2) is 6.61. The highest BCUT2D eigenvalue weighted by atomic mass is 15.3. The Morgan fingerprint density at radius 1 is 1.11 bits per heavy atom. The van der Waals surface area contributed by atoms with E-state index < -0.39 is 0 Å². The number of nitrogens with zero attached hydrogens (tertiary/aromatic N) is 3. The molecule has 4 aromatic rings. The largest absolute Gasteiger partial charge is 0.369 e. The molecule has 0 aliphatic carbocycles. The molecule has 1 fully saturated rings. The van der Waals surface area contributed by atoms with Gasteiger partial charge in [-0.1, -0.05) is 18.2 Å². The van der Waals surface area contributed by atoms with Crippen LogP contribution < -0.4 is 10.2 Å². The zero-order chi connectivity index (χ0) is 18.2. The fourth-order valence-electron chi connectivity index (χ4n) is 3.98. The minimum atomic E-state index is 0.830. The molecule has 4 heterocycles. The average molecular weight is 360 g/mol. The van der Waals surface area contributed by atoms with Crippen molar-refractivity contribution in [1.82, 2.24) is 19.9 Å². The molecule has 138 valence electrons. The zero-order valence-electron chi connectivity index (χ0n) is 15.5. The van der Waals surface area contributed by atoms with Crippen LogP contribution in [0.1, 0.15) is 24.1 Å². The summed E-state index contributed by atoms with van der Waals surface area (Å²) in [5.74, 6) is 1.75. The fraction of sp³-hybridized carbons (Fsp3) is 0.333. The van der Waals surface area contributed by atoms with Gasteiger partial charge in [0.05, 0.1) is 5.39 Å². The van der Waals surface area contributed by atoms with Crippen LogP contribution in [0.5, 0.6) is 0 Å². The lowest BCUT2D eigenvalue weighted by molar-refractivity contribution is 0.902. The number of aryl methyl sites for hydroxylation is 1. The molecule has 27 heavy (non-hydrogen) atoms. The predicted molar refractivity (Wildman–Crippen MR) is 111 cm³/mol. The Kier molecular flexibility index (Phi) is 3.96. The van der Waals surface area contributed by atoms with Crippen LogP contribution in [0.15, 0.2) is 36.5 Å². The third kappa shape index (κ3) is 3.01. The van der Waals surface area contributed by atoms with Gasteiger partial charge in [0.25, 0.3) is 0 Å². The third-order valence-electron chi connectivity index (χ3n) is 5.36. The van der Waals surface area contributed by atoms with Crippen molar-refractivity contribution in [3.05, 3.63) is 47.8 Å². The van der Waals surface area contributed by atoms with Crippen molar-refractivity contribution < 1.29 is 0 Å². The van der Waals surface area contributed by atoms with Gasteiger partial charge in [-0.2, -0.15) is 9.97 Å². The Bertz CT molecular complexity index is 1090. The summed E-state index contributed by atoms with van der Waals surface area (Å²) in [6.45, 7) is 4.98. The first kappa shape index (κ1) is 16.2. The van der Waals surface area contributed by atoms with Crippen molar-refractivity contribution in [2.75, 3.05) is 29.9 Å². The molecular formula is C21H24N6. The van der Waals surface area contributed by atoms with Gasteiger partial charge in [0.15, 0.2) is 0 Å². The number of aromatic nitrogens is 4. The van der Waals surface area contributed by atoms with Crippen LogP contribution >= 0.6 is 0 Å². The highest BCUT2D eigenvalue weighted by Crippen LogP contribution is 2.26. The van der Waals surface area contributed by atoms with Crippen molar-refractivity contribution in [2.45, 2.75) is 26.2 Å². The van der Waals surface area contributed by atoms with Gasteiger partial charge in [0.2, 0.25) is 5.95 Å². The molecule has 0 atom stereocenters. The second-order valence-corrected chi connectivity index (χ2v) is 7.32. The van der Waals surface area contributed by atoms with Gasteiger partial charge < -0.3 is 20.2 Å². The Hall–Kier alpha value is -3.02. The molecule has 3 aromatic heterocycles. The number of aromatic amines is 2. The lowest BCUT2D eigenvalue weighted by atomic mass is 10.1. The summed E-state index contributed by atoms with van der Waals surface area (Å²) in [6.07, 6.45) is 5.49. The molecule has 1 aliphatic rings. The lowest BCUT2D eigenvalue weighted by Crippen LogP contribution is -2.21. The number of para-hydroxylation sites is 1. The topological polar surface area (TPSA) is 72.6 Å². The highest BCUT2D eigenvalue weighted by Gasteiger charge is 2.18. The Labute approximate surface area is 158 Å². The van der Waals surface area contributed by atoms with Crippen LogP contribution in [0.2, 0.25) is 0 Å². The first-order chi connectivity index (χ1) is 13.3. The zero-order valence-corrected chi connectivity index (χ0v) is 15.5. The lowest BCUT2D eigenvalue weighted by Gasteiger charge is -2.16. The number of hydrogen-bond acceptors (Lipinski definition) is 4. The van der Waals surface area contributed by atoms with Crippen LogP contribution in [-0.4, -0.2) is 39.6 Å². The van der Waals surface area contributed by atoms with Gasteiger partial charge in [-0.25, -0.2) is 0 Å². The molecule has 0 saturated carbocycles. The van der Waals surface area contributed by atoms with Crippen molar-refractivity contribution in [3.63, 3.8) is 0 Å². The van der Waals surface area contributed by atoms with Gasteiger partial charge in [-0.15, -0.1) is 0 Å². The molecule has 3 N–H and O–H groups in total. The van der Waals surface area contributed by atoms with Gasteiger partial charge >= 0.3 is 0 Å². The van der Waals surface area contributed by atoms with E-state index in [0.29, 0.717) is 0 Å². The SMILES string of the molecule is Cc1cc2c(NCCc3c[nH]c4ccccc34)nc(N3CCCC3)nc2[nH]1. The van der Waals surface area contributed by atoms with E-state index in [1.54, 1.807) is 0 Å². The number of anilines is 2. The average Bonchev–Trinajstić information content (AvgIpc) is 3.40. The smallest absolute Gasteiger partial charge is 0.229 e. The summed E-state index contributed by atoms with van der Waals surface area (Å²) in [5, 5.41) is 5.91. The molecule has 1 aromatic carbocycles. The Morgan fingerprint density at radius 2 is 1.96 bits per heavy atom. The van der Waals surface area contributed by atoms with Gasteiger partial charge in [0.1, 0.15) is 11.5 Å². The van der Waals surface area contributed by atoms with Crippen molar-refractivity contribution in [1.29, 1.82) is 0 Å². The van der Waals surface area contributed by atoms with Crippen LogP contribution in [0, 0.1) is 6.92 Å². The Balaban J connectivity index is 1.40. The molecule has 1 aliphatic heterocycles. The number of hydrogen-bond donors (Lipinski definition) is 3. The van der Waals surface area contributed by atoms with Gasteiger partial charge in [0, 0.05) is 42.4 Å². The van der Waals surface area contributed by atoms with E-state index in [0.717, 1.165) is 54.5 Å². The first-order valence-corrected chi connectivity index (χ1v) is 9.69. The van der Waals surface area contributed by atoms with E-state index in [-0.39, 0.29) is 0 Å². The van der Waals surface area contributed by atoms with Crippen LogP contribution in [0.3, 0.4) is 0 Å². The number of benzene rings is 1. The van der Waals surface area contributed by atoms with E-state index >= 15 is 0 Å². The monoisotopic (exact) mass is 360 g/mol. The van der Waals surface area contributed by atoms with Crippen molar-refractivity contribution in [2.24, 2.45) is 0 Å². The quantitative estimate of drug-likeness (QED) is 0.503. The molecule has 0 spiro atoms. The molecule has 5 rings (SSSR count). The molecule has 0 bridgehead atoms. The number of fused-ring (bicyclic) bond motifs is 2. The van der Waals surface area contributed by atoms with E-state index in [4.69, 9.17) is 9.97 Å². The number of nitrogens with one attached hydrogen (secondary N) is 3. The summed E-state index contributed by atoms with van der Waals surface area (Å²) in [7, 11) is 0. The summed E-state index contributed by atoms with van der Waals surface area (Å²) in [4.78, 5) is 18.6. The summed E-state index contributed by atoms with van der Waals surface area (Å²) >= 11 is 0. The molecule has 1 saturated heterocycles. The fourth-order valence-corrected chi connectivity index (χ4v) is 3.98. The van der Waals surface area contributed by atoms with Crippen LogP contribution in [0.25, 0.3) is 21.9 Å². The van der Waals surface area contributed by atoms with E-state index in [9.17, 15) is 0 Å². The highest BCUT2D eigenvalue weighted by molar-refractivity contribution is 5.89. The maximum Gasteiger partial charge on any atom is 0.229 e. The molecule has 0 radical (unpaired) electrons. The Morgan fingerprint density at radius 3 is 2.85 bits per heavy atom. The maximum absolute atomic E-state index is 4.85. The number of H-pyrrole nitrogens is 2. The number of rotatable bonds is 5. The minimum absolute atomic E-state index is 0.830. The van der Waals surface area contributed by atoms with E-state index in [1.807, 2.05) is 0 Å². The first-order valence-electron chi connectivity index (χ1n) is 9.69.